The van der Waals surface area contributed by atoms with Crippen LogP contribution in [0, 0.1) is 0 Å². The fraction of sp³-hybridized carbons (Fsp3) is 0.385. The van der Waals surface area contributed by atoms with Gasteiger partial charge in [0.2, 0.25) is 0 Å². The van der Waals surface area contributed by atoms with E-state index in [0.717, 1.165) is 62.5 Å². The standard InChI is InChI=1S/C26H31N3O3/c1-26(24(30)31-2,22-12-7-4-8-13-22)14-9-15-28-16-18-29(19-17-28)25-27-20-23(32-25)21-10-5-3-6-11-21/h3-8,10-13,20H,9,14-19H2,1-2H3. The molecule has 0 amide bonds. The van der Waals surface area contributed by atoms with Gasteiger partial charge in [-0.2, -0.15) is 0 Å². The van der Waals surface area contributed by atoms with Gasteiger partial charge in [0, 0.05) is 31.7 Å². The summed E-state index contributed by atoms with van der Waals surface area (Å²) in [5, 5.41) is 0. The molecule has 6 nitrogen and oxygen atoms in total. The Hall–Kier alpha value is -3.12. The molecular weight excluding hydrogens is 402 g/mol. The molecule has 2 heterocycles. The third-order valence-corrected chi connectivity index (χ3v) is 6.39. The quantitative estimate of drug-likeness (QED) is 0.492. The Morgan fingerprint density at radius 3 is 2.34 bits per heavy atom. The van der Waals surface area contributed by atoms with Gasteiger partial charge in [-0.05, 0) is 31.9 Å². The molecule has 1 unspecified atom stereocenters. The Balaban J connectivity index is 1.29. The molecule has 0 spiro atoms. The summed E-state index contributed by atoms with van der Waals surface area (Å²) in [5.74, 6) is 0.623. The van der Waals surface area contributed by atoms with Crippen molar-refractivity contribution in [3.63, 3.8) is 0 Å². The maximum Gasteiger partial charge on any atom is 0.315 e. The van der Waals surface area contributed by atoms with Gasteiger partial charge in [-0.15, -0.1) is 0 Å². The number of carbonyl (C=O) groups is 1. The Bertz CT molecular complexity index is 997. The summed E-state index contributed by atoms with van der Waals surface area (Å²) < 4.78 is 11.1. The molecule has 4 rings (SSSR count). The number of hydrogen-bond donors (Lipinski definition) is 0. The highest BCUT2D eigenvalue weighted by Crippen LogP contribution is 2.31. The van der Waals surface area contributed by atoms with E-state index in [1.807, 2.05) is 67.6 Å². The molecule has 6 heteroatoms. The number of benzene rings is 2. The third-order valence-electron chi connectivity index (χ3n) is 6.39. The van der Waals surface area contributed by atoms with Crippen molar-refractivity contribution in [3.05, 3.63) is 72.4 Å². The zero-order chi connectivity index (χ0) is 22.4. The fourth-order valence-corrected chi connectivity index (χ4v) is 4.36. The molecule has 168 valence electrons. The van der Waals surface area contributed by atoms with Gasteiger partial charge in [0.05, 0.1) is 18.7 Å². The van der Waals surface area contributed by atoms with Crippen LogP contribution in [-0.2, 0) is 14.9 Å². The smallest absolute Gasteiger partial charge is 0.315 e. The highest BCUT2D eigenvalue weighted by atomic mass is 16.5. The van der Waals surface area contributed by atoms with E-state index in [-0.39, 0.29) is 5.97 Å². The first kappa shape index (κ1) is 22.1. The lowest BCUT2D eigenvalue weighted by molar-refractivity contribution is -0.147. The number of esters is 1. The van der Waals surface area contributed by atoms with Gasteiger partial charge in [0.25, 0.3) is 6.01 Å². The minimum absolute atomic E-state index is 0.174. The average molecular weight is 434 g/mol. The normalized spacial score (nSPS) is 16.5. The van der Waals surface area contributed by atoms with Crippen LogP contribution in [0.4, 0.5) is 6.01 Å². The van der Waals surface area contributed by atoms with Crippen molar-refractivity contribution in [2.24, 2.45) is 0 Å². The summed E-state index contributed by atoms with van der Waals surface area (Å²) in [7, 11) is 1.47. The van der Waals surface area contributed by atoms with Crippen molar-refractivity contribution in [1.29, 1.82) is 0 Å². The van der Waals surface area contributed by atoms with Crippen LogP contribution in [0.15, 0.2) is 71.3 Å². The average Bonchev–Trinajstić information content (AvgIpc) is 3.35. The molecule has 1 saturated heterocycles. The lowest BCUT2D eigenvalue weighted by Crippen LogP contribution is -2.47. The van der Waals surface area contributed by atoms with Crippen LogP contribution >= 0.6 is 0 Å². The first-order valence-electron chi connectivity index (χ1n) is 11.2. The molecule has 1 aromatic heterocycles. The lowest BCUT2D eigenvalue weighted by atomic mass is 9.78. The van der Waals surface area contributed by atoms with E-state index >= 15 is 0 Å². The van der Waals surface area contributed by atoms with Crippen LogP contribution in [0.2, 0.25) is 0 Å². The third kappa shape index (κ3) is 4.86. The first-order valence-corrected chi connectivity index (χ1v) is 11.2. The SMILES string of the molecule is COC(=O)C(C)(CCCN1CCN(c2ncc(-c3ccccc3)o2)CC1)c1ccccc1. The molecule has 0 aliphatic carbocycles. The van der Waals surface area contributed by atoms with E-state index in [4.69, 9.17) is 9.15 Å². The molecule has 1 aliphatic heterocycles. The van der Waals surface area contributed by atoms with E-state index in [0.29, 0.717) is 6.01 Å². The second-order valence-corrected chi connectivity index (χ2v) is 8.50. The second-order valence-electron chi connectivity index (χ2n) is 8.50. The Morgan fingerprint density at radius 1 is 1.03 bits per heavy atom. The van der Waals surface area contributed by atoms with Crippen molar-refractivity contribution < 1.29 is 13.9 Å². The summed E-state index contributed by atoms with van der Waals surface area (Å²) in [6.45, 7) is 6.59. The summed E-state index contributed by atoms with van der Waals surface area (Å²) in [4.78, 5) is 21.7. The van der Waals surface area contributed by atoms with Crippen LogP contribution < -0.4 is 4.90 Å². The van der Waals surface area contributed by atoms with Crippen LogP contribution in [0.5, 0.6) is 0 Å². The lowest BCUT2D eigenvalue weighted by Gasteiger charge is -2.34. The van der Waals surface area contributed by atoms with Crippen LogP contribution in [0.25, 0.3) is 11.3 Å². The molecule has 1 atom stereocenters. The van der Waals surface area contributed by atoms with Gasteiger partial charge in [0.15, 0.2) is 5.76 Å². The zero-order valence-electron chi connectivity index (χ0n) is 18.9. The molecule has 3 aromatic rings. The number of anilines is 1. The van der Waals surface area contributed by atoms with Gasteiger partial charge >= 0.3 is 5.97 Å². The van der Waals surface area contributed by atoms with Gasteiger partial charge in [-0.3, -0.25) is 9.69 Å². The van der Waals surface area contributed by atoms with Gasteiger partial charge < -0.3 is 14.1 Å². The largest absolute Gasteiger partial charge is 0.468 e. The molecule has 0 N–H and O–H groups in total. The highest BCUT2D eigenvalue weighted by Gasteiger charge is 2.36. The summed E-state index contributed by atoms with van der Waals surface area (Å²) in [5.41, 5.74) is 1.43. The minimum Gasteiger partial charge on any atom is -0.468 e. The monoisotopic (exact) mass is 433 g/mol. The van der Waals surface area contributed by atoms with Crippen molar-refractivity contribution in [3.8, 4) is 11.3 Å². The van der Waals surface area contributed by atoms with E-state index in [2.05, 4.69) is 14.8 Å². The van der Waals surface area contributed by atoms with Crippen molar-refractivity contribution >= 4 is 12.0 Å². The number of piperazine rings is 1. The number of rotatable bonds is 8. The van der Waals surface area contributed by atoms with Crippen LogP contribution in [0.3, 0.4) is 0 Å². The predicted molar refractivity (Wildman–Crippen MR) is 126 cm³/mol. The van der Waals surface area contributed by atoms with Crippen molar-refractivity contribution in [1.82, 2.24) is 9.88 Å². The fourth-order valence-electron chi connectivity index (χ4n) is 4.36. The Labute approximate surface area is 189 Å². The number of nitrogens with zero attached hydrogens (tertiary/aromatic N) is 3. The number of ether oxygens (including phenoxy) is 1. The number of oxazole rings is 1. The Kier molecular flexibility index (Phi) is 6.90. The minimum atomic E-state index is -0.621. The first-order chi connectivity index (χ1) is 15.6. The van der Waals surface area contributed by atoms with E-state index in [1.165, 1.54) is 7.11 Å². The molecule has 0 saturated carbocycles. The maximum atomic E-state index is 12.6. The van der Waals surface area contributed by atoms with E-state index in [9.17, 15) is 4.79 Å². The molecular formula is C26H31N3O3. The van der Waals surface area contributed by atoms with Crippen LogP contribution in [0.1, 0.15) is 25.3 Å². The number of hydrogen-bond acceptors (Lipinski definition) is 6. The number of methoxy groups -OCH3 is 1. The molecule has 0 bridgehead atoms. The van der Waals surface area contributed by atoms with Gasteiger partial charge in [-0.25, -0.2) is 4.98 Å². The number of aromatic nitrogens is 1. The topological polar surface area (TPSA) is 58.8 Å². The molecule has 1 aliphatic rings. The second kappa shape index (κ2) is 10.0. The summed E-state index contributed by atoms with van der Waals surface area (Å²) >= 11 is 0. The molecule has 2 aromatic carbocycles. The van der Waals surface area contributed by atoms with E-state index < -0.39 is 5.41 Å². The van der Waals surface area contributed by atoms with Gasteiger partial charge in [0.1, 0.15) is 0 Å². The predicted octanol–water partition coefficient (Wildman–Crippen LogP) is 4.37. The van der Waals surface area contributed by atoms with Crippen molar-refractivity contribution in [2.45, 2.75) is 25.2 Å². The molecule has 1 fully saturated rings. The Morgan fingerprint density at radius 2 is 1.69 bits per heavy atom. The maximum absolute atomic E-state index is 12.6. The van der Waals surface area contributed by atoms with E-state index in [1.54, 1.807) is 6.20 Å². The molecule has 0 radical (unpaired) electrons. The van der Waals surface area contributed by atoms with Crippen LogP contribution in [-0.4, -0.2) is 55.7 Å². The number of carbonyl (C=O) groups excluding carboxylic acids is 1. The molecule has 32 heavy (non-hydrogen) atoms. The zero-order valence-corrected chi connectivity index (χ0v) is 18.9. The van der Waals surface area contributed by atoms with Crippen molar-refractivity contribution in [2.75, 3.05) is 44.7 Å². The summed E-state index contributed by atoms with van der Waals surface area (Å²) in [6, 6.07) is 20.7. The van der Waals surface area contributed by atoms with Gasteiger partial charge in [-0.1, -0.05) is 60.7 Å². The summed E-state index contributed by atoms with van der Waals surface area (Å²) in [6.07, 6.45) is 3.48. The highest BCUT2D eigenvalue weighted by molar-refractivity contribution is 5.82.